The van der Waals surface area contributed by atoms with Crippen LogP contribution in [0.2, 0.25) is 0 Å². The lowest BCUT2D eigenvalue weighted by Crippen LogP contribution is -1.97. The van der Waals surface area contributed by atoms with Gasteiger partial charge in [-0.3, -0.25) is 0 Å². The van der Waals surface area contributed by atoms with Crippen molar-refractivity contribution in [2.24, 2.45) is 40.9 Å². The van der Waals surface area contributed by atoms with E-state index in [9.17, 15) is 9.90 Å². The second kappa shape index (κ2) is 16.1. The summed E-state index contributed by atoms with van der Waals surface area (Å²) in [5.41, 5.74) is 5.46. The maximum atomic E-state index is 12.7. The Morgan fingerprint density at radius 2 is 0.735 bits per heavy atom. The number of nitrogens with zero attached hydrogens (tertiary/aromatic N) is 8. The zero-order chi connectivity index (χ0) is 34.6. The van der Waals surface area contributed by atoms with Crippen LogP contribution < -0.4 is 21.3 Å². The van der Waals surface area contributed by atoms with Gasteiger partial charge in [0.05, 0.1) is 28.3 Å². The summed E-state index contributed by atoms with van der Waals surface area (Å²) in [4.78, 5) is 12.7. The standard InChI is InChI=1S/C35H34N12O2/c1-36-22-5-13-26(14-6-22)40-44-31-21-30(35(48)49)32(45-41-27-15-7-23(37-2)8-16-27)34(47-43-29-19-11-25(39-4)12-20-29)33(31)46-42-28-17-9-24(38-3)10-18-28/h5-21,36-39H,1-4H3,(H,48,49). The normalized spacial score (nSPS) is 11.5. The van der Waals surface area contributed by atoms with Crippen LogP contribution in [0, 0.1) is 0 Å². The monoisotopic (exact) mass is 654 g/mol. The van der Waals surface area contributed by atoms with Gasteiger partial charge in [0.15, 0.2) is 0 Å². The maximum absolute atomic E-state index is 12.7. The molecule has 0 fully saturated rings. The molecule has 0 aliphatic rings. The Bertz CT molecular complexity index is 2010. The predicted octanol–water partition coefficient (Wildman–Crippen LogP) is 11.2. The molecule has 0 amide bonds. The molecule has 5 aromatic carbocycles. The van der Waals surface area contributed by atoms with Crippen molar-refractivity contribution in [2.45, 2.75) is 0 Å². The van der Waals surface area contributed by atoms with Gasteiger partial charge in [0.25, 0.3) is 0 Å². The molecular weight excluding hydrogens is 620 g/mol. The lowest BCUT2D eigenvalue weighted by atomic mass is 10.1. The van der Waals surface area contributed by atoms with E-state index in [0.29, 0.717) is 22.7 Å². The van der Waals surface area contributed by atoms with Gasteiger partial charge < -0.3 is 26.4 Å². The molecule has 0 aromatic heterocycles. The van der Waals surface area contributed by atoms with E-state index in [1.807, 2.05) is 69.7 Å². The third-order valence-corrected chi connectivity index (χ3v) is 7.15. The summed E-state index contributed by atoms with van der Waals surface area (Å²) < 4.78 is 0. The Hall–Kier alpha value is -6.83. The molecule has 0 heterocycles. The fourth-order valence-corrected chi connectivity index (χ4v) is 4.38. The van der Waals surface area contributed by atoms with E-state index in [0.717, 1.165) is 22.7 Å². The predicted molar refractivity (Wildman–Crippen MR) is 194 cm³/mol. The highest BCUT2D eigenvalue weighted by Crippen LogP contribution is 2.49. The summed E-state index contributed by atoms with van der Waals surface area (Å²) in [6.07, 6.45) is 0. The number of carbonyl (C=O) groups is 1. The second-order valence-corrected chi connectivity index (χ2v) is 10.3. The van der Waals surface area contributed by atoms with Crippen molar-refractivity contribution < 1.29 is 9.90 Å². The lowest BCUT2D eigenvalue weighted by molar-refractivity contribution is 0.0698. The number of hydrogen-bond donors (Lipinski definition) is 5. The van der Waals surface area contributed by atoms with Gasteiger partial charge in [0.2, 0.25) is 0 Å². The number of anilines is 4. The van der Waals surface area contributed by atoms with Crippen molar-refractivity contribution in [2.75, 3.05) is 49.5 Å². The summed E-state index contributed by atoms with van der Waals surface area (Å²) in [6, 6.07) is 30.2. The Morgan fingerprint density at radius 1 is 0.429 bits per heavy atom. The van der Waals surface area contributed by atoms with Crippen LogP contribution in [0.3, 0.4) is 0 Å². The number of carboxylic acids is 1. The van der Waals surface area contributed by atoms with Crippen molar-refractivity contribution in [3.05, 3.63) is 109 Å². The van der Waals surface area contributed by atoms with E-state index in [-0.39, 0.29) is 28.3 Å². The molecule has 5 aromatic rings. The Balaban J connectivity index is 1.73. The van der Waals surface area contributed by atoms with Crippen LogP contribution in [-0.2, 0) is 0 Å². The van der Waals surface area contributed by atoms with Crippen LogP contribution in [-0.4, -0.2) is 39.3 Å². The van der Waals surface area contributed by atoms with E-state index < -0.39 is 5.97 Å². The Kier molecular flexibility index (Phi) is 11.0. The first-order valence-electron chi connectivity index (χ1n) is 15.1. The summed E-state index contributed by atoms with van der Waals surface area (Å²) in [5.74, 6) is -1.28. The molecule has 49 heavy (non-hydrogen) atoms. The van der Waals surface area contributed by atoms with Crippen molar-refractivity contribution in [3.8, 4) is 0 Å². The van der Waals surface area contributed by atoms with E-state index in [2.05, 4.69) is 62.2 Å². The number of benzene rings is 5. The summed E-state index contributed by atoms with van der Waals surface area (Å²) in [7, 11) is 7.25. The molecule has 0 radical (unpaired) electrons. The summed E-state index contributed by atoms with van der Waals surface area (Å²) >= 11 is 0. The molecule has 0 saturated carbocycles. The van der Waals surface area contributed by atoms with E-state index in [4.69, 9.17) is 0 Å². The fourth-order valence-electron chi connectivity index (χ4n) is 4.38. The van der Waals surface area contributed by atoms with Gasteiger partial charge in [-0.1, -0.05) is 0 Å². The Labute approximate surface area is 282 Å². The first kappa shape index (κ1) is 33.5. The van der Waals surface area contributed by atoms with Crippen molar-refractivity contribution in [1.29, 1.82) is 0 Å². The molecule has 246 valence electrons. The topological polar surface area (TPSA) is 184 Å². The van der Waals surface area contributed by atoms with Gasteiger partial charge in [0.1, 0.15) is 22.7 Å². The van der Waals surface area contributed by atoms with E-state index in [1.165, 1.54) is 6.07 Å². The number of aromatic carboxylic acids is 1. The van der Waals surface area contributed by atoms with Crippen molar-refractivity contribution in [1.82, 2.24) is 0 Å². The highest BCUT2D eigenvalue weighted by Gasteiger charge is 2.23. The molecule has 0 unspecified atom stereocenters. The molecule has 0 saturated heterocycles. The van der Waals surface area contributed by atoms with Gasteiger partial charge >= 0.3 is 5.97 Å². The minimum Gasteiger partial charge on any atom is -0.478 e. The van der Waals surface area contributed by atoms with E-state index in [1.54, 1.807) is 55.6 Å². The van der Waals surface area contributed by atoms with Crippen LogP contribution in [0.1, 0.15) is 10.4 Å². The van der Waals surface area contributed by atoms with Crippen LogP contribution in [0.25, 0.3) is 0 Å². The number of azo groups is 4. The molecule has 5 rings (SSSR count). The summed E-state index contributed by atoms with van der Waals surface area (Å²) in [6.45, 7) is 0. The SMILES string of the molecule is CNc1ccc(N=Nc2cc(C(=O)O)c(N=Nc3ccc(NC)cc3)c(N=Nc3ccc(NC)cc3)c2N=Nc2ccc(NC)cc2)cc1. The smallest absolute Gasteiger partial charge is 0.338 e. The minimum absolute atomic E-state index is 0.0109. The number of carboxylic acid groups (broad SMARTS) is 1. The maximum Gasteiger partial charge on any atom is 0.338 e. The first-order valence-corrected chi connectivity index (χ1v) is 15.1. The molecule has 0 atom stereocenters. The molecule has 5 N–H and O–H groups in total. The fraction of sp³-hybridized carbons (Fsp3) is 0.114. The van der Waals surface area contributed by atoms with Crippen LogP contribution in [0.15, 0.2) is 144 Å². The molecule has 14 nitrogen and oxygen atoms in total. The van der Waals surface area contributed by atoms with Gasteiger partial charge in [0, 0.05) is 50.9 Å². The summed E-state index contributed by atoms with van der Waals surface area (Å²) in [5, 5.41) is 58.0. The third-order valence-electron chi connectivity index (χ3n) is 7.15. The highest BCUT2D eigenvalue weighted by molar-refractivity contribution is 6.01. The second-order valence-electron chi connectivity index (χ2n) is 10.3. The molecular formula is C35H34N12O2. The third kappa shape index (κ3) is 8.71. The van der Waals surface area contributed by atoms with Gasteiger partial charge in [-0.05, 0) is 103 Å². The van der Waals surface area contributed by atoms with E-state index >= 15 is 0 Å². The largest absolute Gasteiger partial charge is 0.478 e. The van der Waals surface area contributed by atoms with Crippen molar-refractivity contribution in [3.63, 3.8) is 0 Å². The average Bonchev–Trinajstić information content (AvgIpc) is 3.15. The van der Waals surface area contributed by atoms with Crippen molar-refractivity contribution >= 4 is 74.2 Å². The first-order chi connectivity index (χ1) is 23.9. The number of nitrogens with one attached hydrogen (secondary N) is 4. The Morgan fingerprint density at radius 3 is 1.06 bits per heavy atom. The van der Waals surface area contributed by atoms with Gasteiger partial charge in [-0.25, -0.2) is 4.79 Å². The highest BCUT2D eigenvalue weighted by atomic mass is 16.4. The van der Waals surface area contributed by atoms with Crippen LogP contribution in [0.5, 0.6) is 0 Å². The van der Waals surface area contributed by atoms with Crippen LogP contribution >= 0.6 is 0 Å². The molecule has 14 heteroatoms. The zero-order valence-electron chi connectivity index (χ0n) is 27.2. The quantitative estimate of drug-likeness (QED) is 0.0786. The zero-order valence-corrected chi connectivity index (χ0v) is 27.2. The minimum atomic E-state index is -1.28. The molecule has 0 aliphatic carbocycles. The molecule has 0 bridgehead atoms. The molecule has 0 spiro atoms. The lowest BCUT2D eigenvalue weighted by Gasteiger charge is -2.10. The van der Waals surface area contributed by atoms with Crippen LogP contribution in [0.4, 0.5) is 68.2 Å². The number of hydrogen-bond acceptors (Lipinski definition) is 13. The van der Waals surface area contributed by atoms with Gasteiger partial charge in [-0.15, -0.1) is 20.5 Å². The number of rotatable bonds is 13. The average molecular weight is 655 g/mol. The van der Waals surface area contributed by atoms with Gasteiger partial charge in [-0.2, -0.15) is 20.5 Å². The molecule has 0 aliphatic heterocycles.